The number of ether oxygens (including phenoxy) is 2. The molecule has 0 N–H and O–H groups in total. The van der Waals surface area contributed by atoms with Gasteiger partial charge in [-0.25, -0.2) is 4.79 Å². The second-order valence-electron chi connectivity index (χ2n) is 7.34. The highest BCUT2D eigenvalue weighted by Crippen LogP contribution is 2.23. The Kier molecular flexibility index (Phi) is 8.52. The average molecular weight is 402 g/mol. The molecule has 0 unspecified atom stereocenters. The van der Waals surface area contributed by atoms with Crippen LogP contribution >= 0.6 is 0 Å². The number of hydrogen-bond acceptors (Lipinski definition) is 3. The quantitative estimate of drug-likeness (QED) is 0.195. The molecule has 0 heterocycles. The molecule has 0 saturated carbocycles. The largest absolute Gasteiger partial charge is 0.494 e. The first-order valence-electron chi connectivity index (χ1n) is 10.8. The van der Waals surface area contributed by atoms with Gasteiger partial charge in [0.05, 0.1) is 12.2 Å². The minimum Gasteiger partial charge on any atom is -0.494 e. The summed E-state index contributed by atoms with van der Waals surface area (Å²) >= 11 is 0. The Balaban J connectivity index is 1.48. The predicted molar refractivity (Wildman–Crippen MR) is 121 cm³/mol. The van der Waals surface area contributed by atoms with Gasteiger partial charge in [0.15, 0.2) is 0 Å². The van der Waals surface area contributed by atoms with E-state index < -0.39 is 0 Å². The van der Waals surface area contributed by atoms with Crippen molar-refractivity contribution in [3.8, 4) is 22.6 Å². The second-order valence-corrected chi connectivity index (χ2v) is 7.34. The van der Waals surface area contributed by atoms with Crippen LogP contribution in [-0.2, 0) is 0 Å². The molecule has 0 spiro atoms. The van der Waals surface area contributed by atoms with Gasteiger partial charge in [-0.1, -0.05) is 75.4 Å². The number of benzene rings is 3. The highest BCUT2D eigenvalue weighted by molar-refractivity contribution is 5.91. The SMILES string of the molecule is CCCCCCCCOc1ccc(-c2ccc(C(=O)Oc3cc[c]cc3)cc2)cc1. The molecule has 0 aliphatic heterocycles. The summed E-state index contributed by atoms with van der Waals surface area (Å²) in [6, 6.07) is 25.3. The fraction of sp³-hybridized carbons (Fsp3) is 0.296. The van der Waals surface area contributed by atoms with E-state index in [0.717, 1.165) is 29.9 Å². The third kappa shape index (κ3) is 6.77. The number of carbonyl (C=O) groups is 1. The molecule has 0 amide bonds. The highest BCUT2D eigenvalue weighted by atomic mass is 16.5. The Morgan fingerprint density at radius 3 is 2.00 bits per heavy atom. The van der Waals surface area contributed by atoms with E-state index in [1.165, 1.54) is 32.1 Å². The summed E-state index contributed by atoms with van der Waals surface area (Å²) in [7, 11) is 0. The van der Waals surface area contributed by atoms with Gasteiger partial charge in [-0.15, -0.1) is 0 Å². The molecule has 0 fully saturated rings. The number of hydrogen-bond donors (Lipinski definition) is 0. The first kappa shape index (κ1) is 21.6. The number of esters is 1. The van der Waals surface area contributed by atoms with Crippen molar-refractivity contribution in [3.05, 3.63) is 84.4 Å². The Morgan fingerprint density at radius 1 is 0.733 bits per heavy atom. The number of unbranched alkanes of at least 4 members (excludes halogenated alkanes) is 5. The summed E-state index contributed by atoms with van der Waals surface area (Å²) in [6.07, 6.45) is 7.56. The van der Waals surface area contributed by atoms with Gasteiger partial charge >= 0.3 is 5.97 Å². The summed E-state index contributed by atoms with van der Waals surface area (Å²) in [4.78, 5) is 12.3. The summed E-state index contributed by atoms with van der Waals surface area (Å²) in [6.45, 7) is 3.00. The third-order valence-electron chi connectivity index (χ3n) is 4.97. The zero-order valence-electron chi connectivity index (χ0n) is 17.6. The van der Waals surface area contributed by atoms with Crippen LogP contribution < -0.4 is 9.47 Å². The van der Waals surface area contributed by atoms with Crippen LogP contribution in [0.3, 0.4) is 0 Å². The molecule has 30 heavy (non-hydrogen) atoms. The minimum atomic E-state index is -0.369. The van der Waals surface area contributed by atoms with E-state index in [-0.39, 0.29) is 5.97 Å². The van der Waals surface area contributed by atoms with Gasteiger partial charge in [-0.05, 0) is 60.0 Å². The number of rotatable bonds is 11. The normalized spacial score (nSPS) is 10.6. The van der Waals surface area contributed by atoms with Gasteiger partial charge < -0.3 is 9.47 Å². The maximum atomic E-state index is 12.3. The summed E-state index contributed by atoms with van der Waals surface area (Å²) in [5.41, 5.74) is 2.65. The van der Waals surface area contributed by atoms with E-state index in [4.69, 9.17) is 9.47 Å². The number of carbonyl (C=O) groups excluding carboxylic acids is 1. The van der Waals surface area contributed by atoms with Crippen LogP contribution in [0.2, 0.25) is 0 Å². The molecule has 3 aromatic carbocycles. The lowest BCUT2D eigenvalue weighted by atomic mass is 10.0. The van der Waals surface area contributed by atoms with Gasteiger partial charge in [-0.2, -0.15) is 0 Å². The predicted octanol–water partition coefficient (Wildman–Crippen LogP) is 7.11. The van der Waals surface area contributed by atoms with Crippen molar-refractivity contribution in [2.24, 2.45) is 0 Å². The van der Waals surface area contributed by atoms with Crippen LogP contribution in [0.25, 0.3) is 11.1 Å². The molecule has 3 rings (SSSR count). The molecule has 155 valence electrons. The third-order valence-corrected chi connectivity index (χ3v) is 4.97. The smallest absolute Gasteiger partial charge is 0.343 e. The standard InChI is InChI=1S/C27H29O3/c1-2-3-4-5-6-10-21-29-25-19-17-23(18-20-25)22-13-15-24(16-14-22)27(28)30-26-11-8-7-9-12-26/h8-9,11-20H,2-6,10,21H2,1H3. The fourth-order valence-corrected chi connectivity index (χ4v) is 3.22. The van der Waals surface area contributed by atoms with E-state index in [1.807, 2.05) is 36.4 Å². The summed E-state index contributed by atoms with van der Waals surface area (Å²) < 4.78 is 11.2. The van der Waals surface area contributed by atoms with Crippen molar-refractivity contribution in [1.29, 1.82) is 0 Å². The monoisotopic (exact) mass is 401 g/mol. The van der Waals surface area contributed by atoms with Gasteiger partial charge in [0.2, 0.25) is 0 Å². The zero-order valence-corrected chi connectivity index (χ0v) is 17.6. The first-order chi connectivity index (χ1) is 14.8. The zero-order chi connectivity index (χ0) is 21.0. The maximum Gasteiger partial charge on any atom is 0.343 e. The topological polar surface area (TPSA) is 35.5 Å². The molecule has 3 aromatic rings. The first-order valence-corrected chi connectivity index (χ1v) is 10.8. The molecule has 0 aromatic heterocycles. The van der Waals surface area contributed by atoms with Crippen molar-refractivity contribution in [2.75, 3.05) is 6.61 Å². The lowest BCUT2D eigenvalue weighted by Gasteiger charge is -2.08. The van der Waals surface area contributed by atoms with Crippen molar-refractivity contribution in [2.45, 2.75) is 45.4 Å². The van der Waals surface area contributed by atoms with Crippen molar-refractivity contribution in [1.82, 2.24) is 0 Å². The molecule has 0 atom stereocenters. The van der Waals surface area contributed by atoms with Crippen LogP contribution in [0.15, 0.2) is 72.8 Å². The van der Waals surface area contributed by atoms with Crippen LogP contribution in [0, 0.1) is 6.07 Å². The summed E-state index contributed by atoms with van der Waals surface area (Å²) in [5, 5.41) is 0. The Morgan fingerprint density at radius 2 is 1.33 bits per heavy atom. The van der Waals surface area contributed by atoms with Gasteiger partial charge in [0, 0.05) is 0 Å². The van der Waals surface area contributed by atoms with Gasteiger partial charge in [0.1, 0.15) is 11.5 Å². The maximum absolute atomic E-state index is 12.3. The highest BCUT2D eigenvalue weighted by Gasteiger charge is 2.09. The molecular formula is C27H29O3. The molecule has 0 aliphatic carbocycles. The van der Waals surface area contributed by atoms with E-state index in [9.17, 15) is 4.79 Å². The minimum absolute atomic E-state index is 0.369. The molecule has 0 aliphatic rings. The molecule has 3 heteroatoms. The van der Waals surface area contributed by atoms with Crippen molar-refractivity contribution < 1.29 is 14.3 Å². The van der Waals surface area contributed by atoms with Gasteiger partial charge in [0.25, 0.3) is 0 Å². The lowest BCUT2D eigenvalue weighted by molar-refractivity contribution is 0.0735. The van der Waals surface area contributed by atoms with Crippen LogP contribution in [0.5, 0.6) is 11.5 Å². The van der Waals surface area contributed by atoms with E-state index in [0.29, 0.717) is 11.3 Å². The van der Waals surface area contributed by atoms with Crippen molar-refractivity contribution >= 4 is 5.97 Å². The molecule has 0 saturated heterocycles. The van der Waals surface area contributed by atoms with Gasteiger partial charge in [-0.3, -0.25) is 0 Å². The van der Waals surface area contributed by atoms with E-state index in [1.54, 1.807) is 36.4 Å². The Labute approximate surface area is 179 Å². The van der Waals surface area contributed by atoms with Crippen LogP contribution in [0.1, 0.15) is 55.8 Å². The fourth-order valence-electron chi connectivity index (χ4n) is 3.22. The molecule has 0 bridgehead atoms. The second kappa shape index (κ2) is 11.8. The van der Waals surface area contributed by atoms with Crippen LogP contribution in [0.4, 0.5) is 0 Å². The lowest BCUT2D eigenvalue weighted by Crippen LogP contribution is -2.08. The Hall–Kier alpha value is -3.07. The summed E-state index contributed by atoms with van der Waals surface area (Å²) in [5.74, 6) is 1.04. The Bertz CT molecular complexity index is 884. The van der Waals surface area contributed by atoms with E-state index in [2.05, 4.69) is 13.0 Å². The van der Waals surface area contributed by atoms with Crippen molar-refractivity contribution in [3.63, 3.8) is 0 Å². The molecular weight excluding hydrogens is 372 g/mol. The molecule has 1 radical (unpaired) electrons. The average Bonchev–Trinajstić information content (AvgIpc) is 2.80. The van der Waals surface area contributed by atoms with E-state index >= 15 is 0 Å². The van der Waals surface area contributed by atoms with Crippen LogP contribution in [-0.4, -0.2) is 12.6 Å². The molecule has 3 nitrogen and oxygen atoms in total.